The zero-order chi connectivity index (χ0) is 9.68. The van der Waals surface area contributed by atoms with Gasteiger partial charge in [-0.2, -0.15) is 4.98 Å². The SMILES string of the molecule is C#CCNc1ccnc(N(C)C)n1. The number of hydrogen-bond acceptors (Lipinski definition) is 4. The van der Waals surface area contributed by atoms with Gasteiger partial charge >= 0.3 is 0 Å². The van der Waals surface area contributed by atoms with E-state index in [-0.39, 0.29) is 0 Å². The van der Waals surface area contributed by atoms with Crippen molar-refractivity contribution in [2.45, 2.75) is 0 Å². The first-order chi connectivity index (χ1) is 6.24. The summed E-state index contributed by atoms with van der Waals surface area (Å²) >= 11 is 0. The van der Waals surface area contributed by atoms with Gasteiger partial charge in [0.05, 0.1) is 6.54 Å². The molecular formula is C9H12N4. The molecule has 0 aromatic carbocycles. The fourth-order valence-electron chi connectivity index (χ4n) is 0.804. The van der Waals surface area contributed by atoms with Gasteiger partial charge in [0.15, 0.2) is 0 Å². The molecule has 0 aliphatic heterocycles. The fraction of sp³-hybridized carbons (Fsp3) is 0.333. The van der Waals surface area contributed by atoms with Gasteiger partial charge in [0.2, 0.25) is 5.95 Å². The maximum atomic E-state index is 5.11. The Hall–Kier alpha value is -1.76. The van der Waals surface area contributed by atoms with Gasteiger partial charge in [-0.25, -0.2) is 4.98 Å². The molecule has 0 aliphatic rings. The number of anilines is 2. The van der Waals surface area contributed by atoms with E-state index in [0.717, 1.165) is 5.82 Å². The van der Waals surface area contributed by atoms with E-state index in [4.69, 9.17) is 6.42 Å². The van der Waals surface area contributed by atoms with Crippen LogP contribution in [0.3, 0.4) is 0 Å². The minimum atomic E-state index is 0.476. The third kappa shape index (κ3) is 2.64. The van der Waals surface area contributed by atoms with Gasteiger partial charge in [-0.1, -0.05) is 5.92 Å². The third-order valence-electron chi connectivity index (χ3n) is 1.41. The highest BCUT2D eigenvalue weighted by Crippen LogP contribution is 2.06. The lowest BCUT2D eigenvalue weighted by Gasteiger charge is -2.10. The van der Waals surface area contributed by atoms with Crippen LogP contribution in [0.4, 0.5) is 11.8 Å². The minimum Gasteiger partial charge on any atom is -0.359 e. The number of hydrogen-bond donors (Lipinski definition) is 1. The Kier molecular flexibility index (Phi) is 3.09. The monoisotopic (exact) mass is 176 g/mol. The highest BCUT2D eigenvalue weighted by Gasteiger charge is 1.98. The average Bonchev–Trinajstić information content (AvgIpc) is 2.15. The summed E-state index contributed by atoms with van der Waals surface area (Å²) in [4.78, 5) is 10.1. The van der Waals surface area contributed by atoms with E-state index >= 15 is 0 Å². The lowest BCUT2D eigenvalue weighted by Crippen LogP contribution is -2.13. The van der Waals surface area contributed by atoms with E-state index in [1.807, 2.05) is 19.0 Å². The molecule has 0 amide bonds. The van der Waals surface area contributed by atoms with Gasteiger partial charge in [-0.05, 0) is 6.07 Å². The molecule has 4 nitrogen and oxygen atoms in total. The summed E-state index contributed by atoms with van der Waals surface area (Å²) in [6.07, 6.45) is 6.80. The molecule has 0 fully saturated rings. The van der Waals surface area contributed by atoms with E-state index in [1.165, 1.54) is 0 Å². The maximum absolute atomic E-state index is 5.11. The van der Waals surface area contributed by atoms with Crippen molar-refractivity contribution in [3.05, 3.63) is 12.3 Å². The van der Waals surface area contributed by atoms with E-state index in [1.54, 1.807) is 12.3 Å². The van der Waals surface area contributed by atoms with Crippen LogP contribution in [0.5, 0.6) is 0 Å². The zero-order valence-electron chi connectivity index (χ0n) is 7.78. The molecular weight excluding hydrogens is 164 g/mol. The van der Waals surface area contributed by atoms with Crippen LogP contribution in [0.15, 0.2) is 12.3 Å². The van der Waals surface area contributed by atoms with Crippen LogP contribution in [0.25, 0.3) is 0 Å². The van der Waals surface area contributed by atoms with E-state index in [0.29, 0.717) is 12.5 Å². The summed E-state index contributed by atoms with van der Waals surface area (Å²) in [7, 11) is 3.78. The van der Waals surface area contributed by atoms with Gasteiger partial charge in [0, 0.05) is 20.3 Å². The molecule has 0 spiro atoms. The third-order valence-corrected chi connectivity index (χ3v) is 1.41. The number of nitrogens with zero attached hydrogens (tertiary/aromatic N) is 3. The number of aromatic nitrogens is 2. The van der Waals surface area contributed by atoms with Crippen molar-refractivity contribution < 1.29 is 0 Å². The molecule has 0 bridgehead atoms. The predicted molar refractivity (Wildman–Crippen MR) is 53.7 cm³/mol. The predicted octanol–water partition coefficient (Wildman–Crippen LogP) is 0.588. The van der Waals surface area contributed by atoms with Crippen LogP contribution in [0.2, 0.25) is 0 Å². The molecule has 0 saturated carbocycles. The van der Waals surface area contributed by atoms with E-state index < -0.39 is 0 Å². The maximum Gasteiger partial charge on any atom is 0.226 e. The van der Waals surface area contributed by atoms with Crippen LogP contribution in [-0.2, 0) is 0 Å². The highest BCUT2D eigenvalue weighted by atomic mass is 15.2. The summed E-state index contributed by atoms with van der Waals surface area (Å²) in [5.41, 5.74) is 0. The van der Waals surface area contributed by atoms with Crippen molar-refractivity contribution in [2.75, 3.05) is 30.9 Å². The quantitative estimate of drug-likeness (QED) is 0.684. The Morgan fingerprint density at radius 1 is 1.62 bits per heavy atom. The van der Waals surface area contributed by atoms with Crippen LogP contribution >= 0.6 is 0 Å². The molecule has 0 atom stereocenters. The second-order valence-electron chi connectivity index (χ2n) is 2.69. The molecule has 4 heteroatoms. The van der Waals surface area contributed by atoms with Crippen LogP contribution < -0.4 is 10.2 Å². The first-order valence-electron chi connectivity index (χ1n) is 3.91. The minimum absolute atomic E-state index is 0.476. The van der Waals surface area contributed by atoms with Gasteiger partial charge in [-0.15, -0.1) is 6.42 Å². The largest absolute Gasteiger partial charge is 0.359 e. The Bertz CT molecular complexity index is 314. The van der Waals surface area contributed by atoms with E-state index in [2.05, 4.69) is 21.2 Å². The number of nitrogens with one attached hydrogen (secondary N) is 1. The fourth-order valence-corrected chi connectivity index (χ4v) is 0.804. The molecule has 1 N–H and O–H groups in total. The molecule has 0 aliphatic carbocycles. The molecule has 1 aromatic heterocycles. The second-order valence-corrected chi connectivity index (χ2v) is 2.69. The van der Waals surface area contributed by atoms with Gasteiger partial charge in [0.25, 0.3) is 0 Å². The second kappa shape index (κ2) is 4.31. The number of rotatable bonds is 3. The normalized spacial score (nSPS) is 9.00. The lowest BCUT2D eigenvalue weighted by atomic mass is 10.5. The smallest absolute Gasteiger partial charge is 0.226 e. The Morgan fingerprint density at radius 3 is 3.00 bits per heavy atom. The summed E-state index contributed by atoms with van der Waals surface area (Å²) in [6.45, 7) is 0.476. The molecule has 1 heterocycles. The molecule has 0 unspecified atom stereocenters. The standard InChI is InChI=1S/C9H12N4/c1-4-6-10-8-5-7-11-9(12-8)13(2)3/h1,5,7H,6H2,2-3H3,(H,10,11,12). The zero-order valence-corrected chi connectivity index (χ0v) is 7.78. The van der Waals surface area contributed by atoms with Crippen molar-refractivity contribution >= 4 is 11.8 Å². The first kappa shape index (κ1) is 9.33. The first-order valence-corrected chi connectivity index (χ1v) is 3.91. The molecule has 0 saturated heterocycles. The van der Waals surface area contributed by atoms with Crippen LogP contribution in [-0.4, -0.2) is 30.6 Å². The molecule has 1 rings (SSSR count). The van der Waals surface area contributed by atoms with Crippen molar-refractivity contribution in [1.82, 2.24) is 9.97 Å². The van der Waals surface area contributed by atoms with Gasteiger partial charge < -0.3 is 10.2 Å². The lowest BCUT2D eigenvalue weighted by molar-refractivity contribution is 0.997. The van der Waals surface area contributed by atoms with Crippen molar-refractivity contribution in [2.24, 2.45) is 0 Å². The summed E-state index contributed by atoms with van der Waals surface area (Å²) in [6, 6.07) is 1.78. The highest BCUT2D eigenvalue weighted by molar-refractivity contribution is 5.40. The van der Waals surface area contributed by atoms with Gasteiger partial charge in [-0.3, -0.25) is 0 Å². The molecule has 68 valence electrons. The Morgan fingerprint density at radius 2 is 2.38 bits per heavy atom. The Balaban J connectivity index is 2.75. The van der Waals surface area contributed by atoms with E-state index in [9.17, 15) is 0 Å². The molecule has 0 radical (unpaired) electrons. The average molecular weight is 176 g/mol. The van der Waals surface area contributed by atoms with Crippen molar-refractivity contribution in [3.8, 4) is 12.3 Å². The topological polar surface area (TPSA) is 41.1 Å². The van der Waals surface area contributed by atoms with Crippen molar-refractivity contribution in [1.29, 1.82) is 0 Å². The Labute approximate surface area is 78.0 Å². The number of terminal acetylenes is 1. The van der Waals surface area contributed by atoms with Crippen molar-refractivity contribution in [3.63, 3.8) is 0 Å². The summed E-state index contributed by atoms with van der Waals surface area (Å²) in [5, 5.41) is 2.98. The molecule has 1 aromatic rings. The molecule has 13 heavy (non-hydrogen) atoms. The summed E-state index contributed by atoms with van der Waals surface area (Å²) < 4.78 is 0. The van der Waals surface area contributed by atoms with Crippen LogP contribution in [0, 0.1) is 12.3 Å². The summed E-state index contributed by atoms with van der Waals surface area (Å²) in [5.74, 6) is 3.90. The van der Waals surface area contributed by atoms with Crippen LogP contribution in [0.1, 0.15) is 0 Å². The van der Waals surface area contributed by atoms with Gasteiger partial charge in [0.1, 0.15) is 5.82 Å².